The summed E-state index contributed by atoms with van der Waals surface area (Å²) in [6, 6.07) is 5.44. The van der Waals surface area contributed by atoms with E-state index in [-0.39, 0.29) is 35.3 Å². The van der Waals surface area contributed by atoms with Crippen LogP contribution in [0.5, 0.6) is 0 Å². The van der Waals surface area contributed by atoms with Crippen molar-refractivity contribution in [2.24, 2.45) is 17.3 Å². The second-order valence-electron chi connectivity index (χ2n) is 9.31. The van der Waals surface area contributed by atoms with E-state index < -0.39 is 11.7 Å². The maximum Gasteiger partial charge on any atom is 0.417 e. The first-order chi connectivity index (χ1) is 14.8. The fourth-order valence-corrected chi connectivity index (χ4v) is 5.61. The van der Waals surface area contributed by atoms with Crippen molar-refractivity contribution in [3.05, 3.63) is 29.3 Å². The normalized spacial score (nSPS) is 27.1. The average Bonchev–Trinajstić information content (AvgIpc) is 3.17. The van der Waals surface area contributed by atoms with Gasteiger partial charge in [-0.15, -0.1) is 0 Å². The fraction of sp³-hybridized carbons (Fsp3) is 0.652. The van der Waals surface area contributed by atoms with Gasteiger partial charge < -0.3 is 14.9 Å². The van der Waals surface area contributed by atoms with Gasteiger partial charge in [0.2, 0.25) is 5.91 Å². The van der Waals surface area contributed by atoms with Crippen LogP contribution in [0.3, 0.4) is 0 Å². The average molecular weight is 435 g/mol. The number of fused-ring (bicyclic) bond motifs is 1. The Morgan fingerprint density at radius 2 is 1.97 bits per heavy atom. The van der Waals surface area contributed by atoms with E-state index in [9.17, 15) is 23.1 Å². The Morgan fingerprint density at radius 3 is 2.61 bits per heavy atom. The lowest BCUT2D eigenvalue weighted by atomic mass is 9.73. The van der Waals surface area contributed by atoms with Gasteiger partial charge in [-0.25, -0.2) is 0 Å². The first-order valence-corrected chi connectivity index (χ1v) is 11.0. The van der Waals surface area contributed by atoms with Gasteiger partial charge in [-0.3, -0.25) is 4.79 Å². The monoisotopic (exact) mass is 435 g/mol. The molecule has 31 heavy (non-hydrogen) atoms. The molecular formula is C23H28F3N3O2. The van der Waals surface area contributed by atoms with E-state index in [2.05, 4.69) is 0 Å². The number of piperidine rings is 1. The van der Waals surface area contributed by atoms with Crippen molar-refractivity contribution in [2.75, 3.05) is 37.7 Å². The van der Waals surface area contributed by atoms with Crippen molar-refractivity contribution in [3.8, 4) is 6.07 Å². The smallest absolute Gasteiger partial charge is 0.396 e. The minimum Gasteiger partial charge on any atom is -0.396 e. The van der Waals surface area contributed by atoms with Crippen molar-refractivity contribution in [2.45, 2.75) is 44.7 Å². The van der Waals surface area contributed by atoms with Gasteiger partial charge in [0.15, 0.2) is 0 Å². The molecule has 8 heteroatoms. The highest BCUT2D eigenvalue weighted by atomic mass is 19.4. The van der Waals surface area contributed by atoms with Crippen LogP contribution in [0.2, 0.25) is 0 Å². The number of benzene rings is 1. The second-order valence-corrected chi connectivity index (χ2v) is 9.31. The number of amides is 1. The van der Waals surface area contributed by atoms with Crippen molar-refractivity contribution in [1.82, 2.24) is 4.90 Å². The highest BCUT2D eigenvalue weighted by molar-refractivity contribution is 5.79. The van der Waals surface area contributed by atoms with Gasteiger partial charge in [0.25, 0.3) is 0 Å². The molecule has 1 amide bonds. The quantitative estimate of drug-likeness (QED) is 0.784. The van der Waals surface area contributed by atoms with E-state index in [1.54, 1.807) is 12.1 Å². The molecule has 3 aliphatic rings. The summed E-state index contributed by atoms with van der Waals surface area (Å²) in [5.41, 5.74) is -1.27. The van der Waals surface area contributed by atoms with Gasteiger partial charge in [-0.05, 0) is 37.5 Å². The van der Waals surface area contributed by atoms with Crippen molar-refractivity contribution < 1.29 is 23.1 Å². The lowest BCUT2D eigenvalue weighted by Crippen LogP contribution is -2.49. The number of aliphatic hydroxyl groups excluding tert-OH is 1. The molecule has 0 aromatic heterocycles. The van der Waals surface area contributed by atoms with Gasteiger partial charge in [-0.1, -0.05) is 19.3 Å². The third-order valence-electron chi connectivity index (χ3n) is 7.51. The third kappa shape index (κ3) is 4.12. The van der Waals surface area contributed by atoms with E-state index in [4.69, 9.17) is 5.26 Å². The zero-order valence-corrected chi connectivity index (χ0v) is 17.5. The zero-order valence-electron chi connectivity index (χ0n) is 17.5. The highest BCUT2D eigenvalue weighted by Gasteiger charge is 2.51. The number of halogens is 3. The lowest BCUT2D eigenvalue weighted by molar-refractivity contribution is -0.138. The number of hydrogen-bond acceptors (Lipinski definition) is 4. The van der Waals surface area contributed by atoms with Crippen LogP contribution in [0.1, 0.15) is 49.7 Å². The molecule has 2 atom stereocenters. The number of nitriles is 1. The van der Waals surface area contributed by atoms with E-state index >= 15 is 0 Å². The van der Waals surface area contributed by atoms with Crippen LogP contribution in [0, 0.1) is 28.6 Å². The van der Waals surface area contributed by atoms with Crippen LogP contribution in [0.15, 0.2) is 18.2 Å². The summed E-state index contributed by atoms with van der Waals surface area (Å²) in [6.07, 6.45) is 1.19. The molecule has 0 radical (unpaired) electrons. The SMILES string of the molecule is N#Cc1ccc(N2CC[C@@]3(CO)CN(C(=O)C4CCCCC4)C[C@H]3C2)cc1C(F)(F)F. The van der Waals surface area contributed by atoms with E-state index in [1.165, 1.54) is 12.5 Å². The number of rotatable bonds is 3. The first kappa shape index (κ1) is 21.9. The van der Waals surface area contributed by atoms with Crippen LogP contribution in [0.25, 0.3) is 0 Å². The van der Waals surface area contributed by atoms with Crippen molar-refractivity contribution >= 4 is 11.6 Å². The van der Waals surface area contributed by atoms with Crippen LogP contribution in [-0.2, 0) is 11.0 Å². The van der Waals surface area contributed by atoms with Gasteiger partial charge in [0.05, 0.1) is 23.8 Å². The Bertz CT molecular complexity index is 876. The molecule has 1 aromatic carbocycles. The summed E-state index contributed by atoms with van der Waals surface area (Å²) < 4.78 is 40.1. The van der Waals surface area contributed by atoms with Crippen molar-refractivity contribution in [1.29, 1.82) is 5.26 Å². The summed E-state index contributed by atoms with van der Waals surface area (Å²) in [4.78, 5) is 16.8. The summed E-state index contributed by atoms with van der Waals surface area (Å²) in [5.74, 6) is 0.239. The van der Waals surface area contributed by atoms with Crippen molar-refractivity contribution in [3.63, 3.8) is 0 Å². The Hall–Kier alpha value is -2.27. The standard InChI is InChI=1S/C23H28F3N3O2/c24-23(25,26)20-10-19(7-6-17(20)11-27)28-9-8-22(15-30)14-29(13-18(22)12-28)21(31)16-4-2-1-3-5-16/h6-7,10,16,18,30H,1-5,8-9,12-15H2/t18-,22+/m1/s1. The van der Waals surface area contributed by atoms with Crippen LogP contribution >= 0.6 is 0 Å². The summed E-state index contributed by atoms with van der Waals surface area (Å²) in [5, 5.41) is 19.2. The Morgan fingerprint density at radius 1 is 1.23 bits per heavy atom. The lowest BCUT2D eigenvalue weighted by Gasteiger charge is -2.43. The maximum atomic E-state index is 13.4. The summed E-state index contributed by atoms with van der Waals surface area (Å²) in [6.45, 7) is 2.03. The zero-order chi connectivity index (χ0) is 22.2. The fourth-order valence-electron chi connectivity index (χ4n) is 5.61. The molecule has 0 unspecified atom stereocenters. The molecule has 1 aliphatic carbocycles. The van der Waals surface area contributed by atoms with Gasteiger partial charge in [-0.2, -0.15) is 18.4 Å². The molecule has 1 N–H and O–H groups in total. The molecule has 2 saturated heterocycles. The van der Waals surface area contributed by atoms with Gasteiger partial charge in [0.1, 0.15) is 0 Å². The Kier molecular flexibility index (Phi) is 5.91. The number of hydrogen-bond donors (Lipinski definition) is 1. The number of nitrogens with zero attached hydrogens (tertiary/aromatic N) is 3. The summed E-state index contributed by atoms with van der Waals surface area (Å²) in [7, 11) is 0. The molecule has 0 bridgehead atoms. The molecular weight excluding hydrogens is 407 g/mol. The molecule has 1 aromatic rings. The van der Waals surface area contributed by atoms with Gasteiger partial charge in [0, 0.05) is 49.1 Å². The molecule has 2 aliphatic heterocycles. The number of carbonyl (C=O) groups is 1. The topological polar surface area (TPSA) is 67.6 Å². The van der Waals surface area contributed by atoms with Crippen LogP contribution in [-0.4, -0.2) is 48.7 Å². The number of likely N-dealkylation sites (tertiary alicyclic amines) is 1. The van der Waals surface area contributed by atoms with E-state index in [1.807, 2.05) is 9.80 Å². The van der Waals surface area contributed by atoms with E-state index in [0.29, 0.717) is 38.3 Å². The predicted octanol–water partition coefficient (Wildman–Crippen LogP) is 3.80. The minimum absolute atomic E-state index is 0.00349. The number of aliphatic hydroxyl groups is 1. The third-order valence-corrected chi connectivity index (χ3v) is 7.51. The Labute approximate surface area is 180 Å². The van der Waals surface area contributed by atoms with Gasteiger partial charge >= 0.3 is 6.18 Å². The number of carbonyl (C=O) groups excluding carboxylic acids is 1. The first-order valence-electron chi connectivity index (χ1n) is 11.0. The second kappa shape index (κ2) is 8.34. The molecule has 3 fully saturated rings. The number of alkyl halides is 3. The maximum absolute atomic E-state index is 13.4. The Balaban J connectivity index is 1.52. The van der Waals surface area contributed by atoms with Crippen LogP contribution < -0.4 is 4.90 Å². The molecule has 168 valence electrons. The number of anilines is 1. The minimum atomic E-state index is -4.59. The molecule has 0 spiro atoms. The highest BCUT2D eigenvalue weighted by Crippen LogP contribution is 2.45. The van der Waals surface area contributed by atoms with E-state index in [0.717, 1.165) is 31.7 Å². The van der Waals surface area contributed by atoms with Crippen LogP contribution in [0.4, 0.5) is 18.9 Å². The molecule has 1 saturated carbocycles. The molecule has 5 nitrogen and oxygen atoms in total. The predicted molar refractivity (Wildman–Crippen MR) is 109 cm³/mol. The largest absolute Gasteiger partial charge is 0.417 e. The molecule has 2 heterocycles. The molecule has 4 rings (SSSR count). The summed E-state index contributed by atoms with van der Waals surface area (Å²) >= 11 is 0.